The Morgan fingerprint density at radius 2 is 1.64 bits per heavy atom. The van der Waals surface area contributed by atoms with Crippen molar-refractivity contribution in [3.05, 3.63) is 82.8 Å². The summed E-state index contributed by atoms with van der Waals surface area (Å²) in [6, 6.07) is 22.8. The Morgan fingerprint density at radius 3 is 2.36 bits per heavy atom. The average molecular weight is 434 g/mol. The maximum atomic E-state index is 11.6. The second-order valence-electron chi connectivity index (χ2n) is 6.11. The Hall–Kier alpha value is -3.25. The van der Waals surface area contributed by atoms with Crippen molar-refractivity contribution in [1.82, 2.24) is 9.97 Å². The Morgan fingerprint density at radius 1 is 0.929 bits per heavy atom. The number of esters is 1. The van der Waals surface area contributed by atoms with Gasteiger partial charge in [-0.3, -0.25) is 0 Å². The number of hydrogen-bond donors (Lipinski definition) is 1. The number of ether oxygens (including phenoxy) is 1. The van der Waals surface area contributed by atoms with Crippen molar-refractivity contribution in [2.75, 3.05) is 12.4 Å². The molecule has 1 N–H and O–H groups in total. The first-order valence-corrected chi connectivity index (χ1v) is 9.41. The molecule has 0 unspecified atom stereocenters. The Labute approximate surface area is 170 Å². The summed E-state index contributed by atoms with van der Waals surface area (Å²) >= 11 is 3.45. The molecule has 138 valence electrons. The predicted molar refractivity (Wildman–Crippen MR) is 114 cm³/mol. The van der Waals surface area contributed by atoms with Crippen LogP contribution in [0, 0.1) is 0 Å². The Balaban J connectivity index is 1.75. The largest absolute Gasteiger partial charge is 0.465 e. The van der Waals surface area contributed by atoms with Gasteiger partial charge in [0.2, 0.25) is 0 Å². The van der Waals surface area contributed by atoms with Gasteiger partial charge in [-0.25, -0.2) is 14.8 Å². The van der Waals surface area contributed by atoms with Crippen LogP contribution in [0.2, 0.25) is 0 Å². The molecule has 0 bridgehead atoms. The second kappa shape index (κ2) is 7.78. The molecule has 4 rings (SSSR count). The molecule has 0 aliphatic rings. The number of carbonyl (C=O) groups excluding carboxylic acids is 1. The SMILES string of the molecule is COC(=O)c1ccc(Nc2nc(-c3ccc(Br)cc3)nc3ccccc23)cc1. The number of hydrogen-bond acceptors (Lipinski definition) is 5. The number of carbonyl (C=O) groups is 1. The van der Waals surface area contributed by atoms with Crippen LogP contribution in [-0.4, -0.2) is 23.0 Å². The van der Waals surface area contributed by atoms with Gasteiger partial charge in [0.1, 0.15) is 5.82 Å². The van der Waals surface area contributed by atoms with Gasteiger partial charge in [-0.2, -0.15) is 0 Å². The Bertz CT molecular complexity index is 1140. The summed E-state index contributed by atoms with van der Waals surface area (Å²) in [4.78, 5) is 21.1. The van der Waals surface area contributed by atoms with Gasteiger partial charge in [0.05, 0.1) is 18.2 Å². The highest BCUT2D eigenvalue weighted by Gasteiger charge is 2.10. The molecule has 28 heavy (non-hydrogen) atoms. The molecule has 0 saturated heterocycles. The van der Waals surface area contributed by atoms with Crippen LogP contribution in [0.4, 0.5) is 11.5 Å². The third kappa shape index (κ3) is 3.73. The number of nitrogens with one attached hydrogen (secondary N) is 1. The third-order valence-corrected chi connectivity index (χ3v) is 4.80. The molecule has 4 aromatic rings. The van der Waals surface area contributed by atoms with E-state index in [9.17, 15) is 4.79 Å². The van der Waals surface area contributed by atoms with Crippen LogP contribution in [0.25, 0.3) is 22.3 Å². The topological polar surface area (TPSA) is 64.1 Å². The summed E-state index contributed by atoms with van der Waals surface area (Å²) in [7, 11) is 1.37. The second-order valence-corrected chi connectivity index (χ2v) is 7.03. The third-order valence-electron chi connectivity index (χ3n) is 4.27. The number of methoxy groups -OCH3 is 1. The Kier molecular flexibility index (Phi) is 5.04. The fourth-order valence-electron chi connectivity index (χ4n) is 2.84. The lowest BCUT2D eigenvalue weighted by Crippen LogP contribution is -2.02. The van der Waals surface area contributed by atoms with Crippen molar-refractivity contribution in [3.63, 3.8) is 0 Å². The molecule has 0 aliphatic heterocycles. The first-order chi connectivity index (χ1) is 13.6. The standard InChI is InChI=1S/C22H16BrN3O2/c1-28-22(27)15-8-12-17(13-9-15)24-21-18-4-2-3-5-19(18)25-20(26-21)14-6-10-16(23)11-7-14/h2-13H,1H3,(H,24,25,26). The number of aromatic nitrogens is 2. The maximum Gasteiger partial charge on any atom is 0.337 e. The molecule has 0 spiro atoms. The van der Waals surface area contributed by atoms with Gasteiger partial charge in [-0.1, -0.05) is 40.2 Å². The molecule has 3 aromatic carbocycles. The number of halogens is 1. The van der Waals surface area contributed by atoms with Crippen LogP contribution in [-0.2, 0) is 4.74 Å². The first kappa shape index (κ1) is 18.1. The van der Waals surface area contributed by atoms with Gasteiger partial charge in [0.25, 0.3) is 0 Å². The number of para-hydroxylation sites is 1. The summed E-state index contributed by atoms with van der Waals surface area (Å²) in [5.74, 6) is 0.978. The molecule has 0 fully saturated rings. The number of anilines is 2. The van der Waals surface area contributed by atoms with Gasteiger partial charge in [-0.05, 0) is 48.5 Å². The average Bonchev–Trinajstić information content (AvgIpc) is 2.74. The molecule has 0 saturated carbocycles. The zero-order valence-electron chi connectivity index (χ0n) is 15.0. The van der Waals surface area contributed by atoms with E-state index in [1.807, 2.05) is 60.7 Å². The van der Waals surface area contributed by atoms with Gasteiger partial charge in [0, 0.05) is 21.1 Å². The minimum absolute atomic E-state index is 0.364. The van der Waals surface area contributed by atoms with Crippen LogP contribution in [0.3, 0.4) is 0 Å². The predicted octanol–water partition coefficient (Wildman–Crippen LogP) is 5.59. The molecule has 6 heteroatoms. The van der Waals surface area contributed by atoms with Crippen molar-refractivity contribution in [2.24, 2.45) is 0 Å². The molecular weight excluding hydrogens is 418 g/mol. The van der Waals surface area contributed by atoms with E-state index in [1.165, 1.54) is 7.11 Å². The monoisotopic (exact) mass is 433 g/mol. The summed E-state index contributed by atoms with van der Waals surface area (Å²) in [5.41, 5.74) is 3.09. The minimum Gasteiger partial charge on any atom is -0.465 e. The summed E-state index contributed by atoms with van der Waals surface area (Å²) in [6.45, 7) is 0. The first-order valence-electron chi connectivity index (χ1n) is 8.62. The molecular formula is C22H16BrN3O2. The quantitative estimate of drug-likeness (QED) is 0.425. The molecule has 1 aromatic heterocycles. The maximum absolute atomic E-state index is 11.6. The van der Waals surface area contributed by atoms with Crippen LogP contribution in [0.5, 0.6) is 0 Å². The van der Waals surface area contributed by atoms with E-state index < -0.39 is 0 Å². The van der Waals surface area contributed by atoms with Gasteiger partial charge >= 0.3 is 5.97 Å². The normalized spacial score (nSPS) is 10.6. The zero-order chi connectivity index (χ0) is 19.5. The fraction of sp³-hybridized carbons (Fsp3) is 0.0455. The lowest BCUT2D eigenvalue weighted by molar-refractivity contribution is 0.0601. The van der Waals surface area contributed by atoms with Gasteiger partial charge in [0.15, 0.2) is 5.82 Å². The summed E-state index contributed by atoms with van der Waals surface area (Å²) in [5, 5.41) is 4.26. The fourth-order valence-corrected chi connectivity index (χ4v) is 3.11. The number of benzene rings is 3. The van der Waals surface area contributed by atoms with E-state index in [0.29, 0.717) is 17.2 Å². The van der Waals surface area contributed by atoms with Crippen molar-refractivity contribution in [1.29, 1.82) is 0 Å². The van der Waals surface area contributed by atoms with E-state index in [1.54, 1.807) is 12.1 Å². The lowest BCUT2D eigenvalue weighted by atomic mass is 10.1. The zero-order valence-corrected chi connectivity index (χ0v) is 16.6. The molecule has 0 amide bonds. The number of nitrogens with zero attached hydrogens (tertiary/aromatic N) is 2. The highest BCUT2D eigenvalue weighted by Crippen LogP contribution is 2.28. The van der Waals surface area contributed by atoms with Crippen molar-refractivity contribution in [3.8, 4) is 11.4 Å². The van der Waals surface area contributed by atoms with Gasteiger partial charge in [-0.15, -0.1) is 0 Å². The van der Waals surface area contributed by atoms with Crippen LogP contribution in [0.1, 0.15) is 10.4 Å². The van der Waals surface area contributed by atoms with Crippen molar-refractivity contribution in [2.45, 2.75) is 0 Å². The van der Waals surface area contributed by atoms with E-state index >= 15 is 0 Å². The minimum atomic E-state index is -0.364. The van der Waals surface area contributed by atoms with E-state index in [-0.39, 0.29) is 5.97 Å². The van der Waals surface area contributed by atoms with E-state index in [0.717, 1.165) is 26.6 Å². The summed E-state index contributed by atoms with van der Waals surface area (Å²) < 4.78 is 5.74. The molecule has 0 radical (unpaired) electrons. The van der Waals surface area contributed by atoms with E-state index in [2.05, 4.69) is 21.2 Å². The molecule has 5 nitrogen and oxygen atoms in total. The van der Waals surface area contributed by atoms with Gasteiger partial charge < -0.3 is 10.1 Å². The number of rotatable bonds is 4. The molecule has 1 heterocycles. The highest BCUT2D eigenvalue weighted by molar-refractivity contribution is 9.10. The van der Waals surface area contributed by atoms with Crippen molar-refractivity contribution >= 4 is 44.3 Å². The smallest absolute Gasteiger partial charge is 0.337 e. The summed E-state index contributed by atoms with van der Waals surface area (Å²) in [6.07, 6.45) is 0. The molecule has 0 aliphatic carbocycles. The highest BCUT2D eigenvalue weighted by atomic mass is 79.9. The van der Waals surface area contributed by atoms with E-state index in [4.69, 9.17) is 14.7 Å². The number of fused-ring (bicyclic) bond motifs is 1. The van der Waals surface area contributed by atoms with Crippen LogP contribution in [0.15, 0.2) is 77.3 Å². The van der Waals surface area contributed by atoms with Crippen LogP contribution < -0.4 is 5.32 Å². The molecule has 0 atom stereocenters. The lowest BCUT2D eigenvalue weighted by Gasteiger charge is -2.11. The van der Waals surface area contributed by atoms with Crippen molar-refractivity contribution < 1.29 is 9.53 Å². The van der Waals surface area contributed by atoms with Crippen LogP contribution >= 0.6 is 15.9 Å².